The van der Waals surface area contributed by atoms with Crippen LogP contribution in [0.3, 0.4) is 0 Å². The number of pyridine rings is 1. The van der Waals surface area contributed by atoms with Gasteiger partial charge in [0.15, 0.2) is 0 Å². The van der Waals surface area contributed by atoms with Crippen molar-refractivity contribution >= 4 is 21.9 Å². The minimum absolute atomic E-state index is 0.171. The van der Waals surface area contributed by atoms with Crippen molar-refractivity contribution < 1.29 is 18.8 Å². The molecule has 1 N–H and O–H groups in total. The van der Waals surface area contributed by atoms with E-state index in [1.54, 1.807) is 24.7 Å². The van der Waals surface area contributed by atoms with Crippen LogP contribution < -0.4 is 0 Å². The Hall–Kier alpha value is -3.63. The lowest BCUT2D eigenvalue weighted by Crippen LogP contribution is -2.27. The first kappa shape index (κ1) is 24.7. The summed E-state index contributed by atoms with van der Waals surface area (Å²) in [6, 6.07) is 6.99. The van der Waals surface area contributed by atoms with E-state index in [1.165, 1.54) is 6.07 Å². The maximum Gasteiger partial charge on any atom is 0.135 e. The summed E-state index contributed by atoms with van der Waals surface area (Å²) < 4.78 is 31.0. The second kappa shape index (κ2) is 8.99. The Labute approximate surface area is 219 Å². The van der Waals surface area contributed by atoms with Crippen molar-refractivity contribution in [2.75, 3.05) is 13.2 Å². The summed E-state index contributed by atoms with van der Waals surface area (Å²) in [6.07, 6.45) is 3.39. The van der Waals surface area contributed by atoms with Gasteiger partial charge in [-0.3, -0.25) is 4.98 Å². The van der Waals surface area contributed by atoms with E-state index in [4.69, 9.17) is 14.2 Å². The van der Waals surface area contributed by atoms with Crippen LogP contribution in [-0.4, -0.2) is 48.0 Å². The van der Waals surface area contributed by atoms with Crippen LogP contribution in [0.2, 0.25) is 0 Å². The minimum atomic E-state index is -1.23. The smallest absolute Gasteiger partial charge is 0.135 e. The molecule has 10 heteroatoms. The monoisotopic (exact) mass is 518 g/mol. The number of rotatable bonds is 5. The lowest BCUT2D eigenvalue weighted by Gasteiger charge is -2.31. The number of benzene rings is 1. The van der Waals surface area contributed by atoms with Gasteiger partial charge in [0.1, 0.15) is 17.3 Å². The van der Waals surface area contributed by atoms with E-state index in [-0.39, 0.29) is 12.0 Å². The van der Waals surface area contributed by atoms with Gasteiger partial charge in [-0.25, -0.2) is 9.07 Å². The van der Waals surface area contributed by atoms with Crippen LogP contribution in [0.4, 0.5) is 4.39 Å². The van der Waals surface area contributed by atoms with Crippen LogP contribution in [0.5, 0.6) is 0 Å². The molecule has 0 unspecified atom stereocenters. The normalized spacial score (nSPS) is 16.1. The summed E-state index contributed by atoms with van der Waals surface area (Å²) in [4.78, 5) is 4.79. The van der Waals surface area contributed by atoms with E-state index in [0.717, 1.165) is 41.0 Å². The third kappa shape index (κ3) is 3.99. The summed E-state index contributed by atoms with van der Waals surface area (Å²) in [7, 11) is 1.84. The third-order valence-corrected chi connectivity index (χ3v) is 7.61. The maximum absolute atomic E-state index is 15.9. The van der Waals surface area contributed by atoms with E-state index < -0.39 is 11.4 Å². The molecule has 0 bridgehead atoms. The molecule has 5 heterocycles. The standard InChI is InChI=1S/C28H31FN6O3/c1-15-10-21(32-38-15)27(17-6-8-37-9-7-17)35-22-13-19(28(3,4)36)12-20(29)24(22)25-23(35)11-18(14-30-25)26-16(2)31-33-34(26)5/h10-14,17,27,36H,6-9H2,1-5H3/t27-/m0/s1. The first-order valence-corrected chi connectivity index (χ1v) is 12.9. The number of aryl methyl sites for hydroxylation is 3. The number of nitrogens with zero attached hydrogens (tertiary/aromatic N) is 6. The molecule has 198 valence electrons. The molecule has 0 aliphatic carbocycles. The molecule has 0 amide bonds. The first-order valence-electron chi connectivity index (χ1n) is 12.9. The lowest BCUT2D eigenvalue weighted by atomic mass is 9.89. The topological polar surface area (TPSA) is 104 Å². The highest BCUT2D eigenvalue weighted by Crippen LogP contribution is 2.42. The van der Waals surface area contributed by atoms with Crippen LogP contribution in [0, 0.1) is 25.6 Å². The molecule has 4 aromatic heterocycles. The molecular weight excluding hydrogens is 487 g/mol. The Morgan fingerprint density at radius 1 is 1.11 bits per heavy atom. The summed E-state index contributed by atoms with van der Waals surface area (Å²) in [5.41, 5.74) is 4.44. The van der Waals surface area contributed by atoms with Crippen LogP contribution in [0.1, 0.15) is 55.4 Å². The number of hydrogen-bond donors (Lipinski definition) is 1. The predicted molar refractivity (Wildman–Crippen MR) is 140 cm³/mol. The zero-order valence-electron chi connectivity index (χ0n) is 22.2. The predicted octanol–water partition coefficient (Wildman–Crippen LogP) is 4.97. The molecule has 38 heavy (non-hydrogen) atoms. The van der Waals surface area contributed by atoms with Crippen LogP contribution in [0.15, 0.2) is 35.0 Å². The van der Waals surface area contributed by atoms with E-state index in [9.17, 15) is 5.11 Å². The van der Waals surface area contributed by atoms with Crippen LogP contribution in [-0.2, 0) is 17.4 Å². The van der Waals surface area contributed by atoms with Crippen molar-refractivity contribution in [1.29, 1.82) is 0 Å². The van der Waals surface area contributed by atoms with Gasteiger partial charge in [-0.1, -0.05) is 10.4 Å². The zero-order chi connectivity index (χ0) is 26.8. The summed E-state index contributed by atoms with van der Waals surface area (Å²) in [5, 5.41) is 24.0. The quantitative estimate of drug-likeness (QED) is 0.350. The van der Waals surface area contributed by atoms with Gasteiger partial charge in [0, 0.05) is 38.1 Å². The van der Waals surface area contributed by atoms with Gasteiger partial charge in [0.2, 0.25) is 0 Å². The van der Waals surface area contributed by atoms with Crippen molar-refractivity contribution in [1.82, 2.24) is 29.7 Å². The summed E-state index contributed by atoms with van der Waals surface area (Å²) in [5.74, 6) is 0.449. The maximum atomic E-state index is 15.9. The Bertz CT molecular complexity index is 1640. The molecule has 0 spiro atoms. The zero-order valence-corrected chi connectivity index (χ0v) is 22.2. The van der Waals surface area contributed by atoms with Crippen molar-refractivity contribution in [3.05, 3.63) is 59.0 Å². The molecule has 1 aliphatic rings. The number of fused-ring (bicyclic) bond motifs is 3. The number of ether oxygens (including phenoxy) is 1. The van der Waals surface area contributed by atoms with Crippen molar-refractivity contribution in [3.63, 3.8) is 0 Å². The molecule has 1 atom stereocenters. The fraction of sp³-hybridized carbons (Fsp3) is 0.429. The highest BCUT2D eigenvalue weighted by molar-refractivity contribution is 6.07. The van der Waals surface area contributed by atoms with E-state index in [2.05, 4.69) is 20.0 Å². The summed E-state index contributed by atoms with van der Waals surface area (Å²) >= 11 is 0. The number of aliphatic hydroxyl groups is 1. The highest BCUT2D eigenvalue weighted by atomic mass is 19.1. The molecule has 0 saturated carbocycles. The van der Waals surface area contributed by atoms with Gasteiger partial charge in [-0.05, 0) is 70.2 Å². The molecule has 5 aromatic rings. The third-order valence-electron chi connectivity index (χ3n) is 7.61. The van der Waals surface area contributed by atoms with Gasteiger partial charge in [0.25, 0.3) is 0 Å². The van der Waals surface area contributed by atoms with Gasteiger partial charge in [-0.2, -0.15) is 0 Å². The molecule has 1 saturated heterocycles. The Kier molecular flexibility index (Phi) is 5.84. The average Bonchev–Trinajstić information content (AvgIpc) is 3.55. The van der Waals surface area contributed by atoms with Crippen molar-refractivity contribution in [2.45, 2.75) is 52.2 Å². The van der Waals surface area contributed by atoms with Crippen molar-refractivity contribution in [3.8, 4) is 11.3 Å². The van der Waals surface area contributed by atoms with E-state index >= 15 is 4.39 Å². The Morgan fingerprint density at radius 3 is 2.50 bits per heavy atom. The molecular formula is C28H31FN6O3. The number of halogens is 1. The lowest BCUT2D eigenvalue weighted by molar-refractivity contribution is 0.0543. The first-order chi connectivity index (χ1) is 18.1. The average molecular weight is 519 g/mol. The van der Waals surface area contributed by atoms with Gasteiger partial charge < -0.3 is 18.9 Å². The Balaban J connectivity index is 1.72. The molecule has 6 rings (SSSR count). The van der Waals surface area contributed by atoms with Crippen LogP contribution in [0.25, 0.3) is 33.2 Å². The summed E-state index contributed by atoms with van der Waals surface area (Å²) in [6.45, 7) is 8.37. The molecule has 9 nitrogen and oxygen atoms in total. The van der Waals surface area contributed by atoms with Crippen molar-refractivity contribution in [2.24, 2.45) is 13.0 Å². The van der Waals surface area contributed by atoms with Crippen LogP contribution >= 0.6 is 0 Å². The molecule has 1 aliphatic heterocycles. The number of hydrogen-bond acceptors (Lipinski definition) is 7. The van der Waals surface area contributed by atoms with Gasteiger partial charge in [0.05, 0.1) is 45.0 Å². The van der Waals surface area contributed by atoms with Gasteiger partial charge in [-0.15, -0.1) is 5.10 Å². The highest BCUT2D eigenvalue weighted by Gasteiger charge is 2.34. The minimum Gasteiger partial charge on any atom is -0.386 e. The second-order valence-electron chi connectivity index (χ2n) is 10.8. The molecule has 0 radical (unpaired) electrons. The Morgan fingerprint density at radius 2 is 1.87 bits per heavy atom. The SMILES string of the molecule is Cc1cc([C@H](C2CCOCC2)n2c3cc(-c4c(C)nnn4C)cnc3c3c(F)cc(C(C)(C)O)cc32)no1. The molecule has 1 fully saturated rings. The fourth-order valence-corrected chi connectivity index (χ4v) is 5.76. The number of aromatic nitrogens is 6. The second-order valence-corrected chi connectivity index (χ2v) is 10.8. The largest absolute Gasteiger partial charge is 0.386 e. The van der Waals surface area contributed by atoms with E-state index in [1.807, 2.05) is 39.1 Å². The van der Waals surface area contributed by atoms with Gasteiger partial charge >= 0.3 is 0 Å². The van der Waals surface area contributed by atoms with E-state index in [0.29, 0.717) is 41.0 Å². The molecule has 1 aromatic carbocycles. The fourth-order valence-electron chi connectivity index (χ4n) is 5.76.